The molecule has 0 aliphatic rings. The van der Waals surface area contributed by atoms with Gasteiger partial charge in [0.15, 0.2) is 0 Å². The minimum atomic E-state index is -0.605. The maximum Gasteiger partial charge on any atom is 0.310 e. The molecule has 0 unspecified atom stereocenters. The van der Waals surface area contributed by atoms with E-state index in [9.17, 15) is 10.1 Å². The highest BCUT2D eigenvalue weighted by molar-refractivity contribution is 5.60. The molecule has 0 saturated carbocycles. The molecule has 0 bridgehead atoms. The Morgan fingerprint density at radius 1 is 1.67 bits per heavy atom. The van der Waals surface area contributed by atoms with Gasteiger partial charge in [0.05, 0.1) is 17.1 Å². The maximum atomic E-state index is 10.7. The van der Waals surface area contributed by atoms with Crippen molar-refractivity contribution in [2.45, 2.75) is 19.4 Å². The van der Waals surface area contributed by atoms with Gasteiger partial charge in [-0.05, 0) is 19.9 Å². The van der Waals surface area contributed by atoms with Gasteiger partial charge in [0.25, 0.3) is 0 Å². The van der Waals surface area contributed by atoms with E-state index in [-0.39, 0.29) is 12.3 Å². The van der Waals surface area contributed by atoms with Gasteiger partial charge >= 0.3 is 5.69 Å². The van der Waals surface area contributed by atoms with E-state index in [1.54, 1.807) is 13.8 Å². The molecule has 0 amide bonds. The smallest absolute Gasteiger partial charge is 0.310 e. The zero-order valence-electron chi connectivity index (χ0n) is 8.60. The van der Waals surface area contributed by atoms with E-state index in [4.69, 9.17) is 5.11 Å². The lowest BCUT2D eigenvalue weighted by atomic mass is 10.1. The van der Waals surface area contributed by atoms with Crippen LogP contribution in [0.2, 0.25) is 0 Å². The Morgan fingerprint density at radius 3 is 2.87 bits per heavy atom. The van der Waals surface area contributed by atoms with Crippen LogP contribution in [-0.2, 0) is 0 Å². The summed E-state index contributed by atoms with van der Waals surface area (Å²) in [6, 6.07) is 1.51. The third kappa shape index (κ3) is 2.88. The van der Waals surface area contributed by atoms with Gasteiger partial charge < -0.3 is 10.4 Å². The van der Waals surface area contributed by atoms with Crippen molar-refractivity contribution in [1.29, 1.82) is 0 Å². The van der Waals surface area contributed by atoms with Crippen LogP contribution >= 0.6 is 0 Å². The first-order valence-electron chi connectivity index (χ1n) is 4.44. The molecule has 6 nitrogen and oxygen atoms in total. The Bertz CT molecular complexity index is 365. The Hall–Kier alpha value is -1.69. The van der Waals surface area contributed by atoms with E-state index >= 15 is 0 Å². The van der Waals surface area contributed by atoms with E-state index in [0.29, 0.717) is 5.69 Å². The number of nitrogens with zero attached hydrogens (tertiary/aromatic N) is 2. The summed E-state index contributed by atoms with van der Waals surface area (Å²) in [4.78, 5) is 13.8. The minimum absolute atomic E-state index is 0.0981. The van der Waals surface area contributed by atoms with Gasteiger partial charge in [-0.2, -0.15) is 0 Å². The van der Waals surface area contributed by atoms with E-state index in [1.807, 2.05) is 0 Å². The second-order valence-corrected chi connectivity index (χ2v) is 3.82. The Labute approximate surface area is 87.1 Å². The maximum absolute atomic E-state index is 10.7. The van der Waals surface area contributed by atoms with Crippen LogP contribution in [0.5, 0.6) is 0 Å². The zero-order chi connectivity index (χ0) is 11.5. The normalized spacial score (nSPS) is 11.1. The van der Waals surface area contributed by atoms with Crippen molar-refractivity contribution in [3.05, 3.63) is 28.6 Å². The van der Waals surface area contributed by atoms with Gasteiger partial charge in [-0.15, -0.1) is 0 Å². The number of nitro groups is 1. The van der Waals surface area contributed by atoms with Gasteiger partial charge in [0.1, 0.15) is 11.9 Å². The lowest BCUT2D eigenvalue weighted by Gasteiger charge is -2.24. The number of aliphatic hydroxyl groups is 1. The van der Waals surface area contributed by atoms with E-state index in [0.717, 1.165) is 0 Å². The van der Waals surface area contributed by atoms with Gasteiger partial charge in [0.2, 0.25) is 0 Å². The lowest BCUT2D eigenvalue weighted by Crippen LogP contribution is -2.35. The van der Waals surface area contributed by atoms with Crippen molar-refractivity contribution >= 4 is 11.4 Å². The Morgan fingerprint density at radius 2 is 2.33 bits per heavy atom. The van der Waals surface area contributed by atoms with Crippen molar-refractivity contribution in [2.24, 2.45) is 0 Å². The summed E-state index contributed by atoms with van der Waals surface area (Å²) < 4.78 is 0. The van der Waals surface area contributed by atoms with Crippen molar-refractivity contribution in [1.82, 2.24) is 4.98 Å². The Balaban J connectivity index is 2.99. The molecule has 1 heterocycles. The first-order chi connectivity index (χ1) is 6.96. The molecule has 1 rings (SSSR count). The van der Waals surface area contributed by atoms with Gasteiger partial charge in [-0.3, -0.25) is 15.1 Å². The summed E-state index contributed by atoms with van der Waals surface area (Å²) in [5, 5.41) is 22.6. The van der Waals surface area contributed by atoms with Crippen LogP contribution < -0.4 is 5.32 Å². The van der Waals surface area contributed by atoms with Crippen LogP contribution in [0.1, 0.15) is 13.8 Å². The van der Waals surface area contributed by atoms with E-state index < -0.39 is 10.5 Å². The molecule has 1 aromatic rings. The summed E-state index contributed by atoms with van der Waals surface area (Å²) in [5.41, 5.74) is -0.348. The van der Waals surface area contributed by atoms with Gasteiger partial charge in [-0.25, -0.2) is 0 Å². The van der Waals surface area contributed by atoms with Crippen LogP contribution in [-0.4, -0.2) is 27.2 Å². The molecule has 0 saturated heterocycles. The lowest BCUT2D eigenvalue weighted by molar-refractivity contribution is -0.384. The van der Waals surface area contributed by atoms with Crippen LogP contribution in [0.3, 0.4) is 0 Å². The van der Waals surface area contributed by atoms with E-state index in [1.165, 1.54) is 18.5 Å². The summed E-state index contributed by atoms with van der Waals surface area (Å²) in [7, 11) is 0. The fourth-order valence-corrected chi connectivity index (χ4v) is 1.04. The topological polar surface area (TPSA) is 88.3 Å². The fraction of sp³-hybridized carbons (Fsp3) is 0.444. The quantitative estimate of drug-likeness (QED) is 0.576. The third-order valence-corrected chi connectivity index (χ3v) is 1.87. The highest BCUT2D eigenvalue weighted by Gasteiger charge is 2.21. The average molecular weight is 211 g/mol. The SMILES string of the molecule is CC(C)(CO)Nc1ccncc1[N+](=O)[O-]. The number of hydrogen-bond acceptors (Lipinski definition) is 5. The fourth-order valence-electron chi connectivity index (χ4n) is 1.04. The zero-order valence-corrected chi connectivity index (χ0v) is 8.60. The first kappa shape index (κ1) is 11.4. The molecule has 15 heavy (non-hydrogen) atoms. The molecular formula is C9H13N3O3. The van der Waals surface area contributed by atoms with Crippen LogP contribution in [0.25, 0.3) is 0 Å². The second-order valence-electron chi connectivity index (χ2n) is 3.82. The summed E-state index contributed by atoms with van der Waals surface area (Å²) in [6.45, 7) is 3.38. The molecule has 0 aliphatic heterocycles. The predicted octanol–water partition coefficient (Wildman–Crippen LogP) is 1.17. The van der Waals surface area contributed by atoms with Crippen LogP contribution in [0.4, 0.5) is 11.4 Å². The molecule has 0 aliphatic carbocycles. The predicted molar refractivity (Wildman–Crippen MR) is 55.7 cm³/mol. The van der Waals surface area contributed by atoms with E-state index in [2.05, 4.69) is 10.3 Å². The molecule has 6 heteroatoms. The van der Waals surface area contributed by atoms with Crippen molar-refractivity contribution in [2.75, 3.05) is 11.9 Å². The molecule has 82 valence electrons. The standard InChI is InChI=1S/C9H13N3O3/c1-9(2,6-13)11-7-3-4-10-5-8(7)12(14)15/h3-5,13H,6H2,1-2H3,(H,10,11). The third-order valence-electron chi connectivity index (χ3n) is 1.87. The van der Waals surface area contributed by atoms with Crippen molar-refractivity contribution in [3.63, 3.8) is 0 Å². The van der Waals surface area contributed by atoms with Crippen LogP contribution in [0.15, 0.2) is 18.5 Å². The molecule has 0 atom stereocenters. The summed E-state index contributed by atoms with van der Waals surface area (Å²) in [5.74, 6) is 0. The summed E-state index contributed by atoms with van der Waals surface area (Å²) >= 11 is 0. The molecule has 0 radical (unpaired) electrons. The highest BCUT2D eigenvalue weighted by atomic mass is 16.6. The van der Waals surface area contributed by atoms with Crippen molar-refractivity contribution in [3.8, 4) is 0 Å². The number of rotatable bonds is 4. The summed E-state index contributed by atoms with van der Waals surface area (Å²) in [6.07, 6.45) is 2.64. The largest absolute Gasteiger partial charge is 0.394 e. The number of hydrogen-bond donors (Lipinski definition) is 2. The van der Waals surface area contributed by atoms with Crippen LogP contribution in [0, 0.1) is 10.1 Å². The number of anilines is 1. The number of aliphatic hydroxyl groups excluding tert-OH is 1. The molecule has 0 aromatic carbocycles. The molecule has 1 aromatic heterocycles. The van der Waals surface area contributed by atoms with Gasteiger partial charge in [0, 0.05) is 6.20 Å². The minimum Gasteiger partial charge on any atom is -0.394 e. The number of pyridine rings is 1. The molecule has 0 fully saturated rings. The number of aromatic nitrogens is 1. The van der Waals surface area contributed by atoms with Gasteiger partial charge in [-0.1, -0.05) is 0 Å². The second kappa shape index (κ2) is 4.22. The highest BCUT2D eigenvalue weighted by Crippen LogP contribution is 2.24. The number of nitrogens with one attached hydrogen (secondary N) is 1. The molecule has 0 spiro atoms. The average Bonchev–Trinajstić information content (AvgIpc) is 2.18. The Kier molecular flexibility index (Phi) is 3.21. The molecular weight excluding hydrogens is 198 g/mol. The molecule has 2 N–H and O–H groups in total. The van der Waals surface area contributed by atoms with Crippen molar-refractivity contribution < 1.29 is 10.0 Å². The monoisotopic (exact) mass is 211 g/mol. The first-order valence-corrected chi connectivity index (χ1v) is 4.44.